The van der Waals surface area contributed by atoms with Gasteiger partial charge in [-0.15, -0.1) is 0 Å². The normalized spacial score (nSPS) is 11.4. The second kappa shape index (κ2) is 8.60. The summed E-state index contributed by atoms with van der Waals surface area (Å²) in [7, 11) is 3.09. The fourth-order valence-corrected chi connectivity index (χ4v) is 2.89. The smallest absolute Gasteiger partial charge is 0.254 e. The summed E-state index contributed by atoms with van der Waals surface area (Å²) in [5.41, 5.74) is 3.97. The first-order valence-electron chi connectivity index (χ1n) is 8.95. The Labute approximate surface area is 168 Å². The molecule has 3 aromatic rings. The van der Waals surface area contributed by atoms with Gasteiger partial charge in [-0.25, -0.2) is 0 Å². The van der Waals surface area contributed by atoms with E-state index in [0.717, 1.165) is 16.7 Å². The standard InChI is InChI=1S/C22H22N2O5/c1-13-5-6-14(2)16(9-13)10-17(12-20(25)26)22-23-21(24-29-22)15-7-8-18(27-3)19(11-15)28-4/h5-11H,12H2,1-4H3,(H,25,26)/p-1/b17-10+. The highest BCUT2D eigenvalue weighted by atomic mass is 16.5. The van der Waals surface area contributed by atoms with E-state index in [0.29, 0.717) is 28.5 Å². The quantitative estimate of drug-likeness (QED) is 0.608. The topological polar surface area (TPSA) is 97.5 Å². The lowest BCUT2D eigenvalue weighted by Gasteiger charge is -2.08. The van der Waals surface area contributed by atoms with Gasteiger partial charge in [-0.2, -0.15) is 4.98 Å². The van der Waals surface area contributed by atoms with Gasteiger partial charge in [-0.3, -0.25) is 0 Å². The zero-order valence-corrected chi connectivity index (χ0v) is 16.7. The molecule has 0 radical (unpaired) electrons. The molecule has 0 unspecified atom stereocenters. The maximum absolute atomic E-state index is 11.3. The SMILES string of the molecule is COc1ccc(-c2noc(/C(=C/c3cc(C)ccc3C)CC(=O)[O-])n2)cc1OC. The minimum absolute atomic E-state index is 0.125. The molecule has 7 nitrogen and oxygen atoms in total. The van der Waals surface area contributed by atoms with Crippen molar-refractivity contribution in [2.24, 2.45) is 0 Å². The summed E-state index contributed by atoms with van der Waals surface area (Å²) >= 11 is 0. The molecule has 0 fully saturated rings. The van der Waals surface area contributed by atoms with Crippen molar-refractivity contribution in [1.82, 2.24) is 10.1 Å². The second-order valence-corrected chi connectivity index (χ2v) is 6.57. The largest absolute Gasteiger partial charge is 0.550 e. The number of rotatable bonds is 7. The number of ether oxygens (including phenoxy) is 2. The van der Waals surface area contributed by atoms with Gasteiger partial charge in [0.2, 0.25) is 5.82 Å². The van der Waals surface area contributed by atoms with Crippen LogP contribution in [-0.4, -0.2) is 30.3 Å². The summed E-state index contributed by atoms with van der Waals surface area (Å²) in [6, 6.07) is 11.2. The van der Waals surface area contributed by atoms with Gasteiger partial charge in [0.05, 0.1) is 14.2 Å². The Balaban J connectivity index is 2.01. The Bertz CT molecular complexity index is 1070. The van der Waals surface area contributed by atoms with Crippen LogP contribution < -0.4 is 14.6 Å². The number of aromatic nitrogens is 2. The van der Waals surface area contributed by atoms with E-state index in [-0.39, 0.29) is 12.3 Å². The van der Waals surface area contributed by atoms with Crippen LogP contribution in [0.3, 0.4) is 0 Å². The van der Waals surface area contributed by atoms with E-state index in [1.54, 1.807) is 31.4 Å². The number of carboxylic acid groups (broad SMARTS) is 1. The molecule has 0 aliphatic rings. The monoisotopic (exact) mass is 393 g/mol. The number of nitrogens with zero attached hydrogens (tertiary/aromatic N) is 2. The molecule has 1 aromatic heterocycles. The lowest BCUT2D eigenvalue weighted by molar-refractivity contribution is -0.304. The molecule has 150 valence electrons. The molecule has 0 aliphatic carbocycles. The van der Waals surface area contributed by atoms with Crippen molar-refractivity contribution in [3.8, 4) is 22.9 Å². The van der Waals surface area contributed by atoms with E-state index < -0.39 is 5.97 Å². The van der Waals surface area contributed by atoms with Gasteiger partial charge in [0.25, 0.3) is 5.89 Å². The van der Waals surface area contributed by atoms with Gasteiger partial charge >= 0.3 is 0 Å². The average Bonchev–Trinajstić information content (AvgIpc) is 3.19. The Morgan fingerprint density at radius 2 is 1.86 bits per heavy atom. The Kier molecular flexibility index (Phi) is 5.97. The Hall–Kier alpha value is -3.61. The number of hydrogen-bond donors (Lipinski definition) is 0. The lowest BCUT2D eigenvalue weighted by atomic mass is 10.0. The predicted octanol–water partition coefficient (Wildman–Crippen LogP) is 3.05. The molecule has 0 saturated carbocycles. The minimum atomic E-state index is -1.23. The van der Waals surface area contributed by atoms with Crippen LogP contribution in [0.2, 0.25) is 0 Å². The van der Waals surface area contributed by atoms with Crippen LogP contribution in [0.15, 0.2) is 40.9 Å². The maximum Gasteiger partial charge on any atom is 0.254 e. The van der Waals surface area contributed by atoms with Gasteiger partial charge in [0, 0.05) is 23.5 Å². The first-order valence-corrected chi connectivity index (χ1v) is 8.95. The number of benzene rings is 2. The zero-order chi connectivity index (χ0) is 21.0. The van der Waals surface area contributed by atoms with Gasteiger partial charge in [0.1, 0.15) is 0 Å². The minimum Gasteiger partial charge on any atom is -0.550 e. The molecule has 2 aromatic carbocycles. The molecule has 7 heteroatoms. The zero-order valence-electron chi connectivity index (χ0n) is 16.7. The number of methoxy groups -OCH3 is 2. The van der Waals surface area contributed by atoms with Crippen molar-refractivity contribution in [2.75, 3.05) is 14.2 Å². The van der Waals surface area contributed by atoms with Gasteiger partial charge in [0.15, 0.2) is 11.5 Å². The van der Waals surface area contributed by atoms with Crippen molar-refractivity contribution in [3.05, 3.63) is 59.0 Å². The maximum atomic E-state index is 11.3. The van der Waals surface area contributed by atoms with E-state index in [1.807, 2.05) is 32.0 Å². The molecule has 0 spiro atoms. The summed E-state index contributed by atoms with van der Waals surface area (Å²) < 4.78 is 15.9. The molecule has 0 atom stereocenters. The van der Waals surface area contributed by atoms with Crippen LogP contribution >= 0.6 is 0 Å². The molecule has 0 saturated heterocycles. The summed E-state index contributed by atoms with van der Waals surface area (Å²) in [5, 5.41) is 15.3. The molecule has 29 heavy (non-hydrogen) atoms. The fraction of sp³-hybridized carbons (Fsp3) is 0.227. The predicted molar refractivity (Wildman–Crippen MR) is 106 cm³/mol. The second-order valence-electron chi connectivity index (χ2n) is 6.57. The number of aryl methyl sites for hydroxylation is 2. The van der Waals surface area contributed by atoms with Crippen molar-refractivity contribution < 1.29 is 23.9 Å². The van der Waals surface area contributed by atoms with Crippen LogP contribution in [0.25, 0.3) is 23.0 Å². The third-order valence-electron chi connectivity index (χ3n) is 4.44. The molecular weight excluding hydrogens is 372 g/mol. The molecule has 1 heterocycles. The Morgan fingerprint density at radius 1 is 1.10 bits per heavy atom. The third kappa shape index (κ3) is 4.63. The van der Waals surface area contributed by atoms with Crippen LogP contribution in [-0.2, 0) is 4.79 Å². The van der Waals surface area contributed by atoms with Crippen molar-refractivity contribution in [3.63, 3.8) is 0 Å². The third-order valence-corrected chi connectivity index (χ3v) is 4.44. The lowest BCUT2D eigenvalue weighted by Crippen LogP contribution is -2.22. The molecule has 0 aliphatic heterocycles. The Morgan fingerprint density at radius 3 is 2.55 bits per heavy atom. The van der Waals surface area contributed by atoms with Crippen LogP contribution in [0.4, 0.5) is 0 Å². The van der Waals surface area contributed by atoms with E-state index in [9.17, 15) is 9.90 Å². The molecule has 0 amide bonds. The van der Waals surface area contributed by atoms with Gasteiger partial charge < -0.3 is 23.9 Å². The first-order chi connectivity index (χ1) is 13.9. The number of hydrogen-bond acceptors (Lipinski definition) is 7. The van der Waals surface area contributed by atoms with E-state index >= 15 is 0 Å². The average molecular weight is 393 g/mol. The van der Waals surface area contributed by atoms with Crippen LogP contribution in [0.1, 0.15) is 29.0 Å². The summed E-state index contributed by atoms with van der Waals surface area (Å²) in [4.78, 5) is 15.7. The van der Waals surface area contributed by atoms with Crippen LogP contribution in [0, 0.1) is 13.8 Å². The number of aliphatic carboxylic acids is 1. The van der Waals surface area contributed by atoms with E-state index in [4.69, 9.17) is 14.0 Å². The van der Waals surface area contributed by atoms with Crippen molar-refractivity contribution in [2.45, 2.75) is 20.3 Å². The summed E-state index contributed by atoms with van der Waals surface area (Å²) in [6.07, 6.45) is 1.39. The van der Waals surface area contributed by atoms with E-state index in [2.05, 4.69) is 10.1 Å². The number of carbonyl (C=O) groups is 1. The van der Waals surface area contributed by atoms with Gasteiger partial charge in [-0.1, -0.05) is 28.9 Å². The molecule has 0 N–H and O–H groups in total. The number of carbonyl (C=O) groups excluding carboxylic acids is 1. The molecular formula is C22H21N2O5-. The number of carboxylic acids is 1. The molecule has 0 bridgehead atoms. The van der Waals surface area contributed by atoms with Crippen molar-refractivity contribution >= 4 is 17.6 Å². The van der Waals surface area contributed by atoms with E-state index in [1.165, 1.54) is 7.11 Å². The van der Waals surface area contributed by atoms with Gasteiger partial charge in [-0.05, 0) is 49.2 Å². The van der Waals surface area contributed by atoms with Crippen LogP contribution in [0.5, 0.6) is 11.5 Å². The summed E-state index contributed by atoms with van der Waals surface area (Å²) in [6.45, 7) is 3.92. The molecule has 3 rings (SSSR count). The highest BCUT2D eigenvalue weighted by Crippen LogP contribution is 2.32. The highest BCUT2D eigenvalue weighted by molar-refractivity contribution is 5.89. The first kappa shape index (κ1) is 20.1. The fourth-order valence-electron chi connectivity index (χ4n) is 2.89. The summed E-state index contributed by atoms with van der Waals surface area (Å²) in [5.74, 6) is 0.308. The highest BCUT2D eigenvalue weighted by Gasteiger charge is 2.16. The van der Waals surface area contributed by atoms with Crippen molar-refractivity contribution in [1.29, 1.82) is 0 Å².